The molecule has 0 aliphatic heterocycles. The molecule has 1 heterocycles. The molecule has 0 radical (unpaired) electrons. The van der Waals surface area contributed by atoms with Crippen molar-refractivity contribution in [3.05, 3.63) is 21.3 Å². The number of hydrazone groups is 1. The van der Waals surface area contributed by atoms with Crippen molar-refractivity contribution in [1.29, 1.82) is 0 Å². The van der Waals surface area contributed by atoms with Crippen LogP contribution in [0.1, 0.15) is 4.88 Å². The van der Waals surface area contributed by atoms with Gasteiger partial charge in [0.15, 0.2) is 5.11 Å². The maximum Gasteiger partial charge on any atom is 0.184 e. The number of rotatable bonds is 2. The van der Waals surface area contributed by atoms with Crippen molar-refractivity contribution < 1.29 is 0 Å². The molecule has 1 rings (SSSR count). The summed E-state index contributed by atoms with van der Waals surface area (Å²) in [6, 6.07) is 1.80. The first-order valence-corrected chi connectivity index (χ1v) is 4.67. The van der Waals surface area contributed by atoms with Crippen molar-refractivity contribution >= 4 is 46.5 Å². The number of nitrogens with zero attached hydrogens (tertiary/aromatic N) is 1. The number of hydrogen-bond acceptors (Lipinski definition) is 3. The molecule has 0 aromatic carbocycles. The topological polar surface area (TPSA) is 50.4 Å². The largest absolute Gasteiger partial charge is 0.375 e. The molecule has 0 aliphatic carbocycles. The molecule has 0 bridgehead atoms. The minimum atomic E-state index is 0.147. The first kappa shape index (κ1) is 9.44. The number of hydrogen-bond donors (Lipinski definition) is 2. The van der Waals surface area contributed by atoms with Gasteiger partial charge < -0.3 is 5.73 Å². The highest BCUT2D eigenvalue weighted by atomic mass is 35.5. The highest BCUT2D eigenvalue weighted by Gasteiger charge is 1.92. The van der Waals surface area contributed by atoms with Crippen LogP contribution in [0.15, 0.2) is 16.5 Å². The molecule has 3 N–H and O–H groups in total. The fourth-order valence-electron chi connectivity index (χ4n) is 0.555. The van der Waals surface area contributed by atoms with Crippen molar-refractivity contribution in [3.8, 4) is 0 Å². The molecule has 1 aromatic rings. The van der Waals surface area contributed by atoms with Crippen LogP contribution in [0.5, 0.6) is 0 Å². The summed E-state index contributed by atoms with van der Waals surface area (Å²) in [5.41, 5.74) is 7.59. The minimum Gasteiger partial charge on any atom is -0.375 e. The van der Waals surface area contributed by atoms with E-state index in [1.807, 2.05) is 5.38 Å². The van der Waals surface area contributed by atoms with Gasteiger partial charge in [0, 0.05) is 10.3 Å². The first-order chi connectivity index (χ1) is 5.68. The lowest BCUT2D eigenvalue weighted by atomic mass is 10.5. The zero-order valence-corrected chi connectivity index (χ0v) is 8.34. The van der Waals surface area contributed by atoms with Crippen LogP contribution < -0.4 is 11.2 Å². The van der Waals surface area contributed by atoms with Gasteiger partial charge in [0.25, 0.3) is 0 Å². The highest BCUT2D eigenvalue weighted by Crippen LogP contribution is 2.16. The molecule has 0 saturated heterocycles. The molecule has 0 amide bonds. The number of nitrogens with one attached hydrogen (secondary N) is 1. The van der Waals surface area contributed by atoms with Gasteiger partial charge in [0.2, 0.25) is 0 Å². The summed E-state index contributed by atoms with van der Waals surface area (Å²) in [7, 11) is 0. The van der Waals surface area contributed by atoms with E-state index in [1.54, 1.807) is 12.3 Å². The normalized spacial score (nSPS) is 10.4. The Balaban J connectivity index is 2.52. The molecule has 0 aliphatic rings. The minimum absolute atomic E-state index is 0.147. The Hall–Kier alpha value is -0.650. The van der Waals surface area contributed by atoms with Crippen molar-refractivity contribution in [1.82, 2.24) is 5.43 Å². The Morgan fingerprint density at radius 2 is 2.58 bits per heavy atom. The monoisotopic (exact) mass is 219 g/mol. The van der Waals surface area contributed by atoms with Gasteiger partial charge >= 0.3 is 0 Å². The van der Waals surface area contributed by atoms with Crippen molar-refractivity contribution in [3.63, 3.8) is 0 Å². The zero-order valence-electron chi connectivity index (χ0n) is 5.95. The van der Waals surface area contributed by atoms with E-state index in [1.165, 1.54) is 11.3 Å². The number of halogens is 1. The first-order valence-electron chi connectivity index (χ1n) is 3.01. The summed E-state index contributed by atoms with van der Waals surface area (Å²) in [5.74, 6) is 0. The summed E-state index contributed by atoms with van der Waals surface area (Å²) in [4.78, 5) is 0.948. The lowest BCUT2D eigenvalue weighted by Crippen LogP contribution is -2.23. The van der Waals surface area contributed by atoms with Gasteiger partial charge in [-0.3, -0.25) is 5.43 Å². The van der Waals surface area contributed by atoms with Crippen LogP contribution in [0.4, 0.5) is 0 Å². The molecule has 0 unspecified atom stereocenters. The fourth-order valence-corrected chi connectivity index (χ4v) is 1.55. The zero-order chi connectivity index (χ0) is 8.97. The van der Waals surface area contributed by atoms with Crippen LogP contribution in [0, 0.1) is 0 Å². The van der Waals surface area contributed by atoms with E-state index in [0.717, 1.165) is 4.88 Å². The average Bonchev–Trinajstić information content (AvgIpc) is 2.35. The maximum atomic E-state index is 5.68. The number of thiophene rings is 1. The summed E-state index contributed by atoms with van der Waals surface area (Å²) < 4.78 is 0. The molecule has 12 heavy (non-hydrogen) atoms. The molecule has 0 saturated carbocycles. The Labute approximate surface area is 84.2 Å². The fraction of sp³-hybridized carbons (Fsp3) is 0. The molecular formula is C6H6ClN3S2. The highest BCUT2D eigenvalue weighted by molar-refractivity contribution is 7.80. The second-order valence-electron chi connectivity index (χ2n) is 1.90. The van der Waals surface area contributed by atoms with Crippen molar-refractivity contribution in [2.75, 3.05) is 0 Å². The summed E-state index contributed by atoms with van der Waals surface area (Å²) in [5, 5.41) is 6.44. The second kappa shape index (κ2) is 4.39. The number of nitrogens with two attached hydrogens (primary N) is 1. The van der Waals surface area contributed by atoms with Crippen molar-refractivity contribution in [2.45, 2.75) is 0 Å². The van der Waals surface area contributed by atoms with Gasteiger partial charge in [-0.2, -0.15) is 5.10 Å². The summed E-state index contributed by atoms with van der Waals surface area (Å²) >= 11 is 11.7. The smallest absolute Gasteiger partial charge is 0.184 e. The predicted molar refractivity (Wildman–Crippen MR) is 56.8 cm³/mol. The van der Waals surface area contributed by atoms with Crippen LogP contribution >= 0.6 is 35.2 Å². The molecule has 64 valence electrons. The Kier molecular flexibility index (Phi) is 3.46. The second-order valence-corrected chi connectivity index (χ2v) is 3.72. The van der Waals surface area contributed by atoms with Crippen LogP contribution in [0.3, 0.4) is 0 Å². The molecular weight excluding hydrogens is 214 g/mol. The molecule has 1 aromatic heterocycles. The lowest BCUT2D eigenvalue weighted by Gasteiger charge is -1.91. The average molecular weight is 220 g/mol. The Morgan fingerprint density at radius 1 is 1.83 bits per heavy atom. The third-order valence-electron chi connectivity index (χ3n) is 0.954. The SMILES string of the molecule is NC(=S)NN=Cc1cc(Cl)cs1. The summed E-state index contributed by atoms with van der Waals surface area (Å²) in [6.07, 6.45) is 1.61. The Bertz CT molecular complexity index is 307. The maximum absolute atomic E-state index is 5.68. The van der Waals surface area contributed by atoms with Crippen LogP contribution in [-0.4, -0.2) is 11.3 Å². The summed E-state index contributed by atoms with van der Waals surface area (Å²) in [6.45, 7) is 0. The quantitative estimate of drug-likeness (QED) is 0.451. The molecule has 0 atom stereocenters. The van der Waals surface area contributed by atoms with E-state index >= 15 is 0 Å². The predicted octanol–water partition coefficient (Wildman–Crippen LogP) is 1.57. The third kappa shape index (κ3) is 3.17. The van der Waals surface area contributed by atoms with Crippen LogP contribution in [0.2, 0.25) is 5.02 Å². The van der Waals surface area contributed by atoms with Crippen LogP contribution in [0.25, 0.3) is 0 Å². The van der Waals surface area contributed by atoms with Gasteiger partial charge in [-0.1, -0.05) is 11.6 Å². The van der Waals surface area contributed by atoms with Gasteiger partial charge in [0.05, 0.1) is 11.2 Å². The standard InChI is InChI=1S/C6H6ClN3S2/c7-4-1-5(12-3-4)2-9-10-6(8)11/h1-3H,(H3,8,10,11). The van der Waals surface area contributed by atoms with E-state index in [2.05, 4.69) is 22.7 Å². The molecule has 0 fully saturated rings. The third-order valence-corrected chi connectivity index (χ3v) is 2.26. The molecule has 6 heteroatoms. The molecule has 0 spiro atoms. The van der Waals surface area contributed by atoms with Crippen LogP contribution in [-0.2, 0) is 0 Å². The number of thiocarbonyl (C=S) groups is 1. The Morgan fingerprint density at radius 3 is 3.08 bits per heavy atom. The van der Waals surface area contributed by atoms with Gasteiger partial charge in [-0.25, -0.2) is 0 Å². The van der Waals surface area contributed by atoms with Crippen molar-refractivity contribution in [2.24, 2.45) is 10.8 Å². The van der Waals surface area contributed by atoms with E-state index in [-0.39, 0.29) is 5.11 Å². The van der Waals surface area contributed by atoms with E-state index in [4.69, 9.17) is 17.3 Å². The lowest BCUT2D eigenvalue weighted by molar-refractivity contribution is 1.04. The molecule has 3 nitrogen and oxygen atoms in total. The van der Waals surface area contributed by atoms with E-state index < -0.39 is 0 Å². The van der Waals surface area contributed by atoms with E-state index in [0.29, 0.717) is 5.02 Å². The van der Waals surface area contributed by atoms with Gasteiger partial charge in [-0.15, -0.1) is 11.3 Å². The van der Waals surface area contributed by atoms with E-state index in [9.17, 15) is 0 Å². The van der Waals surface area contributed by atoms with Gasteiger partial charge in [-0.05, 0) is 18.3 Å². The van der Waals surface area contributed by atoms with Gasteiger partial charge in [0.1, 0.15) is 0 Å².